The lowest BCUT2D eigenvalue weighted by Crippen LogP contribution is -2.50. The zero-order valence-corrected chi connectivity index (χ0v) is 14.9. The topological polar surface area (TPSA) is 91.4 Å². The normalized spacial score (nSPS) is 23.5. The quantitative estimate of drug-likeness (QED) is 0.824. The first-order valence-electron chi connectivity index (χ1n) is 7.84. The van der Waals surface area contributed by atoms with Crippen LogP contribution >= 0.6 is 0 Å². The smallest absolute Gasteiger partial charge is 0.252 e. The number of allylic oxidation sites excluding steroid dienone is 2. The molecule has 0 spiro atoms. The van der Waals surface area contributed by atoms with Gasteiger partial charge in [-0.1, -0.05) is 12.2 Å². The number of carbonyl (C=O) groups is 1. The summed E-state index contributed by atoms with van der Waals surface area (Å²) in [5.41, 5.74) is 6.85. The van der Waals surface area contributed by atoms with Crippen molar-refractivity contribution in [3.05, 3.63) is 60.0 Å². The van der Waals surface area contributed by atoms with Crippen LogP contribution < -0.4 is 5.73 Å². The Bertz CT molecular complexity index is 988. The number of nitrogens with zero attached hydrogens (tertiary/aromatic N) is 1. The summed E-state index contributed by atoms with van der Waals surface area (Å²) in [5.74, 6) is -0.0824. The largest absolute Gasteiger partial charge is 0.499 e. The third kappa shape index (κ3) is 2.42. The van der Waals surface area contributed by atoms with Gasteiger partial charge in [0.25, 0.3) is 10.0 Å². The van der Waals surface area contributed by atoms with Crippen molar-refractivity contribution in [2.24, 2.45) is 11.7 Å². The number of ether oxygens (including phenoxy) is 1. The Hall–Kier alpha value is -2.38. The summed E-state index contributed by atoms with van der Waals surface area (Å²) in [6, 6.07) is 6.56. The molecule has 2 aromatic rings. The Balaban J connectivity index is 2.23. The van der Waals surface area contributed by atoms with Crippen LogP contribution in [0, 0.1) is 5.92 Å². The first-order chi connectivity index (χ1) is 11.9. The average Bonchev–Trinajstić information content (AvgIpc) is 3.05. The highest BCUT2D eigenvalue weighted by atomic mass is 32.2. The van der Waals surface area contributed by atoms with Gasteiger partial charge in [0.1, 0.15) is 12.0 Å². The summed E-state index contributed by atoms with van der Waals surface area (Å²) in [6.45, 7) is 1.80. The van der Waals surface area contributed by atoms with E-state index in [2.05, 4.69) is 0 Å². The van der Waals surface area contributed by atoms with Gasteiger partial charge in [0.05, 0.1) is 12.6 Å². The standard InChI is InChI=1S/C18H20N2O4S/c1-18(15(11-19)4-3-5-17(18)24-2)25(22,23)20-9-8-14-10-13(12-21)6-7-16(14)20/h3-10,12,15H,11,19H2,1-2H3. The minimum atomic E-state index is -3.88. The van der Waals surface area contributed by atoms with Crippen molar-refractivity contribution < 1.29 is 17.9 Å². The molecule has 0 saturated heterocycles. The Morgan fingerprint density at radius 2 is 2.12 bits per heavy atom. The number of hydrogen-bond donors (Lipinski definition) is 1. The fraction of sp³-hybridized carbons (Fsp3) is 0.278. The summed E-state index contributed by atoms with van der Waals surface area (Å²) in [4.78, 5) is 10.9. The third-order valence-corrected chi connectivity index (χ3v) is 7.28. The van der Waals surface area contributed by atoms with E-state index in [0.717, 1.165) is 6.29 Å². The Labute approximate surface area is 146 Å². The van der Waals surface area contributed by atoms with Crippen LogP contribution in [-0.4, -0.2) is 37.1 Å². The van der Waals surface area contributed by atoms with Crippen molar-refractivity contribution in [1.82, 2.24) is 3.97 Å². The molecule has 0 fully saturated rings. The van der Waals surface area contributed by atoms with Gasteiger partial charge in [-0.05, 0) is 37.3 Å². The number of rotatable bonds is 5. The minimum Gasteiger partial charge on any atom is -0.499 e. The molecule has 25 heavy (non-hydrogen) atoms. The van der Waals surface area contributed by atoms with Crippen LogP contribution in [0.25, 0.3) is 10.9 Å². The first-order valence-corrected chi connectivity index (χ1v) is 9.28. The molecule has 1 aromatic heterocycles. The number of hydrogen-bond acceptors (Lipinski definition) is 5. The van der Waals surface area contributed by atoms with Crippen LogP contribution in [0.4, 0.5) is 0 Å². The molecule has 1 heterocycles. The summed E-state index contributed by atoms with van der Waals surface area (Å²) >= 11 is 0. The Morgan fingerprint density at radius 3 is 2.76 bits per heavy atom. The molecule has 132 valence electrons. The second-order valence-electron chi connectivity index (χ2n) is 6.12. The van der Waals surface area contributed by atoms with Gasteiger partial charge in [0.15, 0.2) is 4.75 Å². The van der Waals surface area contributed by atoms with Gasteiger partial charge in [0.2, 0.25) is 0 Å². The van der Waals surface area contributed by atoms with Gasteiger partial charge in [-0.25, -0.2) is 12.4 Å². The number of nitrogens with two attached hydrogens (primary N) is 1. The fourth-order valence-corrected chi connectivity index (χ4v) is 5.34. The third-order valence-electron chi connectivity index (χ3n) is 4.87. The Kier molecular flexibility index (Phi) is 4.30. The maximum Gasteiger partial charge on any atom is 0.252 e. The molecule has 0 aliphatic heterocycles. The lowest BCUT2D eigenvalue weighted by atomic mass is 9.87. The van der Waals surface area contributed by atoms with Gasteiger partial charge in [0, 0.05) is 29.6 Å². The number of carbonyl (C=O) groups excluding carboxylic acids is 1. The SMILES string of the molecule is COC1=CC=CC(CN)C1(C)S(=O)(=O)n1ccc2cc(C=O)ccc21. The second-order valence-corrected chi connectivity index (χ2v) is 8.31. The van der Waals surface area contributed by atoms with E-state index in [1.165, 1.54) is 17.3 Å². The molecule has 2 atom stereocenters. The number of benzene rings is 1. The predicted octanol–water partition coefficient (Wildman–Crippen LogP) is 2.07. The zero-order valence-electron chi connectivity index (χ0n) is 14.0. The molecule has 1 aliphatic rings. The van der Waals surface area contributed by atoms with E-state index in [0.29, 0.717) is 22.2 Å². The lowest BCUT2D eigenvalue weighted by Gasteiger charge is -2.37. The van der Waals surface area contributed by atoms with Crippen LogP contribution in [0.3, 0.4) is 0 Å². The van der Waals surface area contributed by atoms with Crippen molar-refractivity contribution in [2.45, 2.75) is 11.7 Å². The molecular formula is C18H20N2O4S. The van der Waals surface area contributed by atoms with Gasteiger partial charge < -0.3 is 10.5 Å². The number of methoxy groups -OCH3 is 1. The van der Waals surface area contributed by atoms with Gasteiger partial charge in [-0.2, -0.15) is 0 Å². The highest BCUT2D eigenvalue weighted by molar-refractivity contribution is 7.91. The first kappa shape index (κ1) is 17.4. The number of aromatic nitrogens is 1. The van der Waals surface area contributed by atoms with Gasteiger partial charge >= 0.3 is 0 Å². The molecule has 6 nitrogen and oxygen atoms in total. The highest BCUT2D eigenvalue weighted by Crippen LogP contribution is 2.40. The van der Waals surface area contributed by atoms with Crippen molar-refractivity contribution >= 4 is 27.2 Å². The summed E-state index contributed by atoms with van der Waals surface area (Å²) in [6.07, 6.45) is 7.43. The predicted molar refractivity (Wildman–Crippen MR) is 96.8 cm³/mol. The molecule has 0 radical (unpaired) electrons. The fourth-order valence-electron chi connectivity index (χ4n) is 3.32. The number of fused-ring (bicyclic) bond motifs is 1. The van der Waals surface area contributed by atoms with E-state index in [4.69, 9.17) is 10.5 Å². The van der Waals surface area contributed by atoms with E-state index in [1.54, 1.807) is 49.4 Å². The highest BCUT2D eigenvalue weighted by Gasteiger charge is 2.51. The van der Waals surface area contributed by atoms with E-state index < -0.39 is 20.7 Å². The van der Waals surface area contributed by atoms with Crippen molar-refractivity contribution in [3.8, 4) is 0 Å². The van der Waals surface area contributed by atoms with Crippen LogP contribution in [0.5, 0.6) is 0 Å². The molecular weight excluding hydrogens is 340 g/mol. The second kappa shape index (κ2) is 6.16. The van der Waals surface area contributed by atoms with Gasteiger partial charge in [-0.15, -0.1) is 0 Å². The lowest BCUT2D eigenvalue weighted by molar-refractivity contribution is 0.112. The zero-order chi connectivity index (χ0) is 18.2. The van der Waals surface area contributed by atoms with E-state index in [9.17, 15) is 13.2 Å². The number of aldehydes is 1. The molecule has 2 N–H and O–H groups in total. The van der Waals surface area contributed by atoms with Crippen LogP contribution in [0.1, 0.15) is 17.3 Å². The van der Waals surface area contributed by atoms with Crippen LogP contribution in [0.2, 0.25) is 0 Å². The van der Waals surface area contributed by atoms with E-state index in [1.807, 2.05) is 0 Å². The summed E-state index contributed by atoms with van der Waals surface area (Å²) in [5, 5.41) is 0.676. The Morgan fingerprint density at radius 1 is 1.36 bits per heavy atom. The van der Waals surface area contributed by atoms with Crippen molar-refractivity contribution in [2.75, 3.05) is 13.7 Å². The molecule has 7 heteroatoms. The monoisotopic (exact) mass is 360 g/mol. The molecule has 0 bridgehead atoms. The minimum absolute atomic E-state index is 0.168. The van der Waals surface area contributed by atoms with Gasteiger partial charge in [-0.3, -0.25) is 4.79 Å². The molecule has 1 aliphatic carbocycles. The molecule has 3 rings (SSSR count). The molecule has 2 unspecified atom stereocenters. The van der Waals surface area contributed by atoms with Crippen molar-refractivity contribution in [1.29, 1.82) is 0 Å². The van der Waals surface area contributed by atoms with Crippen LogP contribution in [-0.2, 0) is 14.8 Å². The molecule has 1 aromatic carbocycles. The van der Waals surface area contributed by atoms with Crippen molar-refractivity contribution in [3.63, 3.8) is 0 Å². The molecule has 0 saturated carbocycles. The maximum absolute atomic E-state index is 13.6. The maximum atomic E-state index is 13.6. The summed E-state index contributed by atoms with van der Waals surface area (Å²) < 4.78 is 32.4. The van der Waals surface area contributed by atoms with Crippen LogP contribution in [0.15, 0.2) is 54.4 Å². The molecule has 0 amide bonds. The van der Waals surface area contributed by atoms with E-state index >= 15 is 0 Å². The summed E-state index contributed by atoms with van der Waals surface area (Å²) in [7, 11) is -2.43. The average molecular weight is 360 g/mol. The van der Waals surface area contributed by atoms with E-state index in [-0.39, 0.29) is 6.54 Å².